The molecule has 0 fully saturated rings. The summed E-state index contributed by atoms with van der Waals surface area (Å²) in [5.74, 6) is 0. The Balaban J connectivity index is 1.89. The molecule has 0 bridgehead atoms. The molecule has 0 aliphatic carbocycles. The minimum Gasteiger partial charge on any atom is -0.380 e. The zero-order chi connectivity index (χ0) is 14.7. The summed E-state index contributed by atoms with van der Waals surface area (Å²) in [5, 5.41) is 4.92. The monoisotopic (exact) mass is 296 g/mol. The number of halogens is 1. The van der Waals surface area contributed by atoms with E-state index < -0.39 is 0 Å². The summed E-state index contributed by atoms with van der Waals surface area (Å²) >= 11 is 5.89. The van der Waals surface area contributed by atoms with Crippen molar-refractivity contribution in [2.45, 2.75) is 6.54 Å². The Morgan fingerprint density at radius 2 is 2.00 bits per heavy atom. The van der Waals surface area contributed by atoms with Gasteiger partial charge in [-0.15, -0.1) is 0 Å². The summed E-state index contributed by atoms with van der Waals surface area (Å²) in [6.07, 6.45) is 2.58. The average Bonchev–Trinajstić information content (AvgIpc) is 2.53. The fraction of sp³-hybridized carbons (Fsp3) is 0.0588. The molecule has 0 saturated carbocycles. The van der Waals surface area contributed by atoms with Crippen molar-refractivity contribution in [1.82, 2.24) is 4.98 Å². The molecule has 1 aromatic heterocycles. The van der Waals surface area contributed by atoms with E-state index in [0.29, 0.717) is 17.1 Å². The molecule has 3 aromatic rings. The quantitative estimate of drug-likeness (QED) is 0.729. The number of nitrogens with zero attached hydrogens (tertiary/aromatic N) is 1. The molecule has 0 saturated heterocycles. The van der Waals surface area contributed by atoms with Gasteiger partial charge in [0, 0.05) is 34.4 Å². The third kappa shape index (κ3) is 2.88. The molecule has 3 rings (SSSR count). The third-order valence-electron chi connectivity index (χ3n) is 3.33. The summed E-state index contributed by atoms with van der Waals surface area (Å²) in [4.78, 5) is 15.5. The second-order valence-corrected chi connectivity index (χ2v) is 5.13. The second-order valence-electron chi connectivity index (χ2n) is 4.70. The number of hydrogen-bond donors (Lipinski definition) is 1. The van der Waals surface area contributed by atoms with E-state index in [0.717, 1.165) is 28.4 Å². The first-order valence-electron chi connectivity index (χ1n) is 6.59. The van der Waals surface area contributed by atoms with Crippen LogP contribution in [0, 0.1) is 0 Å². The maximum Gasteiger partial charge on any atom is 0.152 e. The van der Waals surface area contributed by atoms with Crippen LogP contribution >= 0.6 is 11.6 Å². The lowest BCUT2D eigenvalue weighted by Gasteiger charge is -2.10. The number of benzene rings is 2. The van der Waals surface area contributed by atoms with Crippen LogP contribution in [0.15, 0.2) is 54.7 Å². The predicted octanol–water partition coefficient (Wildman–Crippen LogP) is 4.31. The van der Waals surface area contributed by atoms with E-state index in [-0.39, 0.29) is 0 Å². The number of aldehydes is 1. The van der Waals surface area contributed by atoms with Crippen LogP contribution in [-0.4, -0.2) is 11.3 Å². The van der Waals surface area contributed by atoms with E-state index >= 15 is 0 Å². The summed E-state index contributed by atoms with van der Waals surface area (Å²) in [7, 11) is 0. The van der Waals surface area contributed by atoms with Gasteiger partial charge in [0.15, 0.2) is 6.29 Å². The van der Waals surface area contributed by atoms with Crippen molar-refractivity contribution in [3.05, 3.63) is 70.9 Å². The third-order valence-corrected chi connectivity index (χ3v) is 3.56. The SMILES string of the molecule is O=Cc1cc(Cl)ccc1NCc1cccc2cccnc12. The molecule has 1 N–H and O–H groups in total. The van der Waals surface area contributed by atoms with Gasteiger partial charge in [-0.25, -0.2) is 0 Å². The van der Waals surface area contributed by atoms with Crippen molar-refractivity contribution >= 4 is 34.5 Å². The smallest absolute Gasteiger partial charge is 0.152 e. The Labute approximate surface area is 127 Å². The molecular formula is C17H13ClN2O. The molecule has 104 valence electrons. The fourth-order valence-electron chi connectivity index (χ4n) is 2.29. The summed E-state index contributed by atoms with van der Waals surface area (Å²) in [5.41, 5.74) is 3.37. The van der Waals surface area contributed by atoms with Gasteiger partial charge in [0.1, 0.15) is 0 Å². The van der Waals surface area contributed by atoms with E-state index in [2.05, 4.69) is 10.3 Å². The molecule has 4 heteroatoms. The number of pyridine rings is 1. The minimum atomic E-state index is 0.550. The van der Waals surface area contributed by atoms with Crippen molar-refractivity contribution in [1.29, 1.82) is 0 Å². The molecule has 0 radical (unpaired) electrons. The normalized spacial score (nSPS) is 10.5. The minimum absolute atomic E-state index is 0.550. The molecule has 3 nitrogen and oxygen atoms in total. The van der Waals surface area contributed by atoms with Crippen LogP contribution in [0.25, 0.3) is 10.9 Å². The molecule has 0 aliphatic heterocycles. The number of carbonyl (C=O) groups is 1. The van der Waals surface area contributed by atoms with Gasteiger partial charge in [-0.05, 0) is 29.8 Å². The molecule has 21 heavy (non-hydrogen) atoms. The lowest BCUT2D eigenvalue weighted by atomic mass is 10.1. The van der Waals surface area contributed by atoms with Gasteiger partial charge >= 0.3 is 0 Å². The maximum absolute atomic E-state index is 11.1. The Morgan fingerprint density at radius 3 is 2.86 bits per heavy atom. The summed E-state index contributed by atoms with van der Waals surface area (Å²) < 4.78 is 0. The van der Waals surface area contributed by atoms with Crippen molar-refractivity contribution in [3.8, 4) is 0 Å². The van der Waals surface area contributed by atoms with Crippen molar-refractivity contribution < 1.29 is 4.79 Å². The van der Waals surface area contributed by atoms with Crippen LogP contribution in [0.3, 0.4) is 0 Å². The Bertz CT molecular complexity index is 796. The zero-order valence-electron chi connectivity index (χ0n) is 11.2. The molecule has 0 spiro atoms. The number of fused-ring (bicyclic) bond motifs is 1. The Morgan fingerprint density at radius 1 is 1.14 bits per heavy atom. The van der Waals surface area contributed by atoms with Crippen molar-refractivity contribution in [3.63, 3.8) is 0 Å². The number of para-hydroxylation sites is 1. The summed E-state index contributed by atoms with van der Waals surface area (Å²) in [6.45, 7) is 0.594. The number of rotatable bonds is 4. The van der Waals surface area contributed by atoms with Gasteiger partial charge in [-0.3, -0.25) is 9.78 Å². The number of anilines is 1. The highest BCUT2D eigenvalue weighted by molar-refractivity contribution is 6.31. The first kappa shape index (κ1) is 13.6. The van der Waals surface area contributed by atoms with Gasteiger partial charge < -0.3 is 5.32 Å². The van der Waals surface area contributed by atoms with Gasteiger partial charge in [0.2, 0.25) is 0 Å². The van der Waals surface area contributed by atoms with Crippen LogP contribution in [0.5, 0.6) is 0 Å². The number of carbonyl (C=O) groups excluding carboxylic acids is 1. The predicted molar refractivity (Wildman–Crippen MR) is 85.9 cm³/mol. The van der Waals surface area contributed by atoms with E-state index in [4.69, 9.17) is 11.6 Å². The largest absolute Gasteiger partial charge is 0.380 e. The number of nitrogens with one attached hydrogen (secondary N) is 1. The lowest BCUT2D eigenvalue weighted by molar-refractivity contribution is 0.112. The Kier molecular flexibility index (Phi) is 3.84. The van der Waals surface area contributed by atoms with Gasteiger partial charge in [0.05, 0.1) is 5.52 Å². The molecule has 0 unspecified atom stereocenters. The summed E-state index contributed by atoms with van der Waals surface area (Å²) in [6, 6.07) is 15.2. The van der Waals surface area contributed by atoms with Gasteiger partial charge in [-0.1, -0.05) is 35.9 Å². The van der Waals surface area contributed by atoms with Crippen molar-refractivity contribution in [2.24, 2.45) is 0 Å². The molecular weight excluding hydrogens is 284 g/mol. The average molecular weight is 297 g/mol. The molecule has 0 aliphatic rings. The molecule has 0 atom stereocenters. The van der Waals surface area contributed by atoms with Crippen LogP contribution in [-0.2, 0) is 6.54 Å². The van der Waals surface area contributed by atoms with Gasteiger partial charge in [0.25, 0.3) is 0 Å². The maximum atomic E-state index is 11.1. The highest BCUT2D eigenvalue weighted by Crippen LogP contribution is 2.21. The topological polar surface area (TPSA) is 42.0 Å². The number of aromatic nitrogens is 1. The van der Waals surface area contributed by atoms with Crippen molar-refractivity contribution in [2.75, 3.05) is 5.32 Å². The van der Waals surface area contributed by atoms with E-state index in [1.54, 1.807) is 18.3 Å². The second kappa shape index (κ2) is 5.94. The van der Waals surface area contributed by atoms with E-state index in [9.17, 15) is 4.79 Å². The zero-order valence-corrected chi connectivity index (χ0v) is 12.0. The first-order valence-corrected chi connectivity index (χ1v) is 6.97. The Hall–Kier alpha value is -2.39. The standard InChI is InChI=1S/C17H13ClN2O/c18-15-6-7-16(14(9-15)11-21)20-10-13-4-1-3-12-5-2-8-19-17(12)13/h1-9,11,20H,10H2. The van der Waals surface area contributed by atoms with Crippen LogP contribution in [0.1, 0.15) is 15.9 Å². The molecule has 0 amide bonds. The fourth-order valence-corrected chi connectivity index (χ4v) is 2.47. The lowest BCUT2D eigenvalue weighted by Crippen LogP contribution is -2.03. The number of hydrogen-bond acceptors (Lipinski definition) is 3. The van der Waals surface area contributed by atoms with E-state index in [1.807, 2.05) is 36.4 Å². The van der Waals surface area contributed by atoms with Crippen LogP contribution in [0.2, 0.25) is 5.02 Å². The van der Waals surface area contributed by atoms with Crippen LogP contribution < -0.4 is 5.32 Å². The molecule has 2 aromatic carbocycles. The first-order chi connectivity index (χ1) is 10.3. The molecule has 1 heterocycles. The van der Waals surface area contributed by atoms with E-state index in [1.165, 1.54) is 0 Å². The highest BCUT2D eigenvalue weighted by Gasteiger charge is 2.05. The highest BCUT2D eigenvalue weighted by atomic mass is 35.5. The van der Waals surface area contributed by atoms with Gasteiger partial charge in [-0.2, -0.15) is 0 Å². The van der Waals surface area contributed by atoms with Crippen LogP contribution in [0.4, 0.5) is 5.69 Å².